The van der Waals surface area contributed by atoms with Crippen molar-refractivity contribution in [1.82, 2.24) is 15.2 Å². The van der Waals surface area contributed by atoms with Gasteiger partial charge in [-0.1, -0.05) is 25.6 Å². The van der Waals surface area contributed by atoms with E-state index in [2.05, 4.69) is 41.8 Å². The Hall–Kier alpha value is -3.36. The molecule has 3 rings (SSSR count). The van der Waals surface area contributed by atoms with E-state index in [-0.39, 0.29) is 32.1 Å². The Balaban J connectivity index is 1.69. The number of imide groups is 1. The first-order chi connectivity index (χ1) is 16.8. The lowest BCUT2D eigenvalue weighted by Gasteiger charge is -2.33. The third-order valence-electron chi connectivity index (χ3n) is 5.14. The van der Waals surface area contributed by atoms with Gasteiger partial charge in [0.25, 0.3) is 0 Å². The van der Waals surface area contributed by atoms with Gasteiger partial charge in [-0.3, -0.25) is 9.69 Å². The van der Waals surface area contributed by atoms with Gasteiger partial charge in [-0.25, -0.2) is 19.5 Å². The van der Waals surface area contributed by atoms with Crippen molar-refractivity contribution >= 4 is 42.9 Å². The maximum Gasteiger partial charge on any atom is 0.408 e. The lowest BCUT2D eigenvalue weighted by molar-refractivity contribution is -0.133. The van der Waals surface area contributed by atoms with Crippen LogP contribution >= 0.6 is 0 Å². The zero-order valence-electron chi connectivity index (χ0n) is 21.8. The number of aromatic nitrogens is 1. The second kappa shape index (κ2) is 11.1. The molecule has 1 N–H and O–H groups in total. The molecule has 4 amide bonds. The molecule has 11 heteroatoms. The van der Waals surface area contributed by atoms with Gasteiger partial charge in [-0.05, 0) is 38.8 Å². The zero-order chi connectivity index (χ0) is 26.5. The van der Waals surface area contributed by atoms with Gasteiger partial charge in [0.1, 0.15) is 23.7 Å². The fraction of sp³-hybridized carbons (Fsp3) is 0.520. The molecule has 194 valence electrons. The molecule has 0 saturated carbocycles. The number of alkyl carbamates (subject to hydrolysis) is 1. The van der Waals surface area contributed by atoms with Crippen LogP contribution in [0.3, 0.4) is 0 Å². The zero-order valence-corrected chi connectivity index (χ0v) is 22.8. The maximum absolute atomic E-state index is 13.2. The first-order valence-corrected chi connectivity index (χ1v) is 15.6. The molecular weight excluding hydrogens is 480 g/mol. The van der Waals surface area contributed by atoms with E-state index in [0.29, 0.717) is 29.2 Å². The molecular formula is C25H34N4O6Si. The molecule has 1 saturated heterocycles. The van der Waals surface area contributed by atoms with E-state index in [1.165, 1.54) is 4.90 Å². The third-order valence-corrected chi connectivity index (χ3v) is 6.84. The fourth-order valence-electron chi connectivity index (χ4n) is 3.34. The van der Waals surface area contributed by atoms with Crippen LogP contribution in [-0.4, -0.2) is 68.0 Å². The Kier molecular flexibility index (Phi) is 8.42. The third kappa shape index (κ3) is 7.57. The fourth-order valence-corrected chi connectivity index (χ4v) is 4.09. The Labute approximate surface area is 212 Å². The van der Waals surface area contributed by atoms with Gasteiger partial charge in [-0.15, -0.1) is 0 Å². The van der Waals surface area contributed by atoms with Crippen LogP contribution in [0.2, 0.25) is 25.7 Å². The van der Waals surface area contributed by atoms with Gasteiger partial charge >= 0.3 is 12.1 Å². The number of carbonyl (C=O) groups is 3. The molecule has 10 nitrogen and oxygen atoms in total. The van der Waals surface area contributed by atoms with Crippen molar-refractivity contribution in [3.63, 3.8) is 0 Å². The van der Waals surface area contributed by atoms with Gasteiger partial charge in [-0.2, -0.15) is 0 Å². The number of furan rings is 1. The van der Waals surface area contributed by atoms with Gasteiger partial charge < -0.3 is 19.2 Å². The minimum Gasteiger partial charge on any atom is -0.448 e. The summed E-state index contributed by atoms with van der Waals surface area (Å²) in [7, 11) is -1.28. The molecule has 0 atom stereocenters. The van der Waals surface area contributed by atoms with E-state index in [4.69, 9.17) is 13.9 Å². The molecule has 2 aromatic rings. The Morgan fingerprint density at radius 2 is 2.03 bits per heavy atom. The van der Waals surface area contributed by atoms with E-state index in [1.807, 2.05) is 0 Å². The highest BCUT2D eigenvalue weighted by atomic mass is 28.3. The second-order valence-electron chi connectivity index (χ2n) is 10.7. The average Bonchev–Trinajstić information content (AvgIpc) is 3.17. The molecule has 0 spiro atoms. The number of nitrogens with one attached hydrogen (secondary N) is 1. The van der Waals surface area contributed by atoms with E-state index < -0.39 is 25.8 Å². The minimum atomic E-state index is -1.28. The molecule has 0 unspecified atom stereocenters. The summed E-state index contributed by atoms with van der Waals surface area (Å²) in [6.07, 6.45) is 1.16. The van der Waals surface area contributed by atoms with Crippen molar-refractivity contribution in [2.24, 2.45) is 0 Å². The van der Waals surface area contributed by atoms with Crippen LogP contribution in [0.25, 0.3) is 11.0 Å². The summed E-state index contributed by atoms with van der Waals surface area (Å²) in [6.45, 7) is 12.8. The van der Waals surface area contributed by atoms with Crippen LogP contribution in [0.5, 0.6) is 0 Å². The quantitative estimate of drug-likeness (QED) is 0.335. The predicted molar refractivity (Wildman–Crippen MR) is 138 cm³/mol. The van der Waals surface area contributed by atoms with Crippen molar-refractivity contribution in [2.75, 3.05) is 31.3 Å². The summed E-state index contributed by atoms with van der Waals surface area (Å²) in [6, 6.07) is 3.84. The summed E-state index contributed by atoms with van der Waals surface area (Å²) in [5, 5.41) is 3.16. The van der Waals surface area contributed by atoms with E-state index in [0.717, 1.165) is 10.9 Å². The number of anilines is 1. The molecule has 1 aliphatic rings. The molecule has 0 aliphatic carbocycles. The molecule has 3 heterocycles. The van der Waals surface area contributed by atoms with Crippen molar-refractivity contribution in [2.45, 2.75) is 58.5 Å². The number of pyridine rings is 1. The van der Waals surface area contributed by atoms with Gasteiger partial charge in [0.05, 0.1) is 11.9 Å². The minimum absolute atomic E-state index is 0.0798. The topological polar surface area (TPSA) is 114 Å². The van der Waals surface area contributed by atoms with Crippen molar-refractivity contribution in [3.05, 3.63) is 24.1 Å². The standard InChI is InChI=1S/C25H34N4O6Si/c1-25(2,3)35-23(31)27-11-7-8-18-16-19-20(34-18)9-12-26-22(19)28-13-10-21(30)29(24(28)32)17-33-14-15-36(4,5)6/h9,12,16H,10-11,13-15,17H2,1-6H3,(H,27,31). The summed E-state index contributed by atoms with van der Waals surface area (Å²) in [5.41, 5.74) is -0.0849. The van der Waals surface area contributed by atoms with Gasteiger partial charge in [0.2, 0.25) is 5.91 Å². The number of rotatable bonds is 7. The largest absolute Gasteiger partial charge is 0.448 e. The Morgan fingerprint density at radius 1 is 1.28 bits per heavy atom. The normalized spacial score (nSPS) is 14.6. The van der Waals surface area contributed by atoms with Crippen LogP contribution in [-0.2, 0) is 14.3 Å². The number of hydrogen-bond acceptors (Lipinski definition) is 7. The number of carbonyl (C=O) groups excluding carboxylic acids is 3. The second-order valence-corrected chi connectivity index (χ2v) is 16.3. The number of nitrogens with zero attached hydrogens (tertiary/aromatic N) is 3. The summed E-state index contributed by atoms with van der Waals surface area (Å²) < 4.78 is 16.6. The van der Waals surface area contributed by atoms with Gasteiger partial charge in [0, 0.05) is 39.9 Å². The maximum atomic E-state index is 13.2. The van der Waals surface area contributed by atoms with Crippen molar-refractivity contribution in [1.29, 1.82) is 0 Å². The lowest BCUT2D eigenvalue weighted by Crippen LogP contribution is -2.53. The number of amides is 4. The van der Waals surface area contributed by atoms with Crippen LogP contribution in [0.1, 0.15) is 33.0 Å². The van der Waals surface area contributed by atoms with E-state index in [1.54, 1.807) is 39.1 Å². The monoisotopic (exact) mass is 514 g/mol. The summed E-state index contributed by atoms with van der Waals surface area (Å²) in [4.78, 5) is 44.3. The summed E-state index contributed by atoms with van der Waals surface area (Å²) in [5.74, 6) is 6.15. The van der Waals surface area contributed by atoms with Gasteiger partial charge in [0.15, 0.2) is 5.76 Å². The first kappa shape index (κ1) is 27.2. The Morgan fingerprint density at radius 3 is 2.72 bits per heavy atom. The number of urea groups is 1. The predicted octanol–water partition coefficient (Wildman–Crippen LogP) is 4.18. The molecule has 0 bridgehead atoms. The highest BCUT2D eigenvalue weighted by Crippen LogP contribution is 2.29. The van der Waals surface area contributed by atoms with E-state index in [9.17, 15) is 14.4 Å². The molecule has 0 radical (unpaired) electrons. The number of ether oxygens (including phenoxy) is 2. The smallest absolute Gasteiger partial charge is 0.408 e. The molecule has 2 aromatic heterocycles. The van der Waals surface area contributed by atoms with Crippen LogP contribution in [0, 0.1) is 11.8 Å². The lowest BCUT2D eigenvalue weighted by atomic mass is 10.2. The average molecular weight is 515 g/mol. The van der Waals surface area contributed by atoms with Crippen LogP contribution in [0.4, 0.5) is 15.4 Å². The first-order valence-electron chi connectivity index (χ1n) is 11.9. The SMILES string of the molecule is CC(C)(C)OC(=O)NCC#Cc1cc2c(N3CCC(=O)N(COCC[Si](C)(C)C)C3=O)nccc2o1. The highest BCUT2D eigenvalue weighted by molar-refractivity contribution is 6.76. The van der Waals surface area contributed by atoms with Crippen LogP contribution < -0.4 is 10.2 Å². The van der Waals surface area contributed by atoms with Crippen LogP contribution in [0.15, 0.2) is 22.7 Å². The Bertz CT molecular complexity index is 1190. The molecule has 1 aliphatic heterocycles. The van der Waals surface area contributed by atoms with Crippen molar-refractivity contribution in [3.8, 4) is 11.8 Å². The van der Waals surface area contributed by atoms with E-state index >= 15 is 0 Å². The highest BCUT2D eigenvalue weighted by Gasteiger charge is 2.34. The summed E-state index contributed by atoms with van der Waals surface area (Å²) >= 11 is 0. The molecule has 1 fully saturated rings. The number of fused-ring (bicyclic) bond motifs is 1. The molecule has 36 heavy (non-hydrogen) atoms. The molecule has 0 aromatic carbocycles. The number of hydrogen-bond donors (Lipinski definition) is 1. The van der Waals surface area contributed by atoms with Crippen molar-refractivity contribution < 1.29 is 28.3 Å².